The molecule has 3 aromatic rings. The largest absolute Gasteiger partial charge is 0.497 e. The van der Waals surface area contributed by atoms with Crippen molar-refractivity contribution in [2.24, 2.45) is 4.99 Å². The van der Waals surface area contributed by atoms with Crippen molar-refractivity contribution in [1.82, 2.24) is 0 Å². The molecule has 3 nitrogen and oxygen atoms in total. The summed E-state index contributed by atoms with van der Waals surface area (Å²) in [5.41, 5.74) is 3.18. The minimum absolute atomic E-state index is 0.817. The Morgan fingerprint density at radius 3 is 2.46 bits per heavy atom. The fourth-order valence-corrected chi connectivity index (χ4v) is 2.70. The van der Waals surface area contributed by atoms with Crippen LogP contribution < -0.4 is 10.1 Å². The zero-order chi connectivity index (χ0) is 16.9. The van der Waals surface area contributed by atoms with E-state index in [9.17, 15) is 0 Å². The van der Waals surface area contributed by atoms with Crippen LogP contribution in [0.1, 0.15) is 25.8 Å². The van der Waals surface area contributed by atoms with Crippen molar-refractivity contribution in [2.75, 3.05) is 13.7 Å². The number of aryl methyl sites for hydroxylation is 1. The van der Waals surface area contributed by atoms with Gasteiger partial charge < -0.3 is 9.15 Å². The minimum Gasteiger partial charge on any atom is -0.497 e. The summed E-state index contributed by atoms with van der Waals surface area (Å²) in [5.74, 6) is 1.66. The number of fused-ring (bicyclic) bond motifs is 1. The summed E-state index contributed by atoms with van der Waals surface area (Å²) in [6, 6.07) is 16.3. The van der Waals surface area contributed by atoms with Gasteiger partial charge in [-0.1, -0.05) is 19.9 Å². The number of rotatable bonds is 5. The van der Waals surface area contributed by atoms with Gasteiger partial charge in [0.15, 0.2) is 0 Å². The van der Waals surface area contributed by atoms with Gasteiger partial charge in [-0.15, -0.1) is 0 Å². The van der Waals surface area contributed by atoms with E-state index >= 15 is 0 Å². The van der Waals surface area contributed by atoms with Crippen molar-refractivity contribution in [1.29, 1.82) is 0 Å². The van der Waals surface area contributed by atoms with E-state index in [2.05, 4.69) is 26.0 Å². The third-order valence-electron chi connectivity index (χ3n) is 4.10. The van der Waals surface area contributed by atoms with Gasteiger partial charge in [0, 0.05) is 23.6 Å². The molecule has 0 bridgehead atoms. The predicted molar refractivity (Wildman–Crippen MR) is 98.3 cm³/mol. The Bertz CT molecular complexity index is 892. The van der Waals surface area contributed by atoms with E-state index in [1.165, 1.54) is 5.56 Å². The zero-order valence-corrected chi connectivity index (χ0v) is 14.5. The highest BCUT2D eigenvalue weighted by molar-refractivity contribution is 5.79. The highest BCUT2D eigenvalue weighted by Crippen LogP contribution is 2.25. The van der Waals surface area contributed by atoms with Crippen LogP contribution in [-0.4, -0.2) is 13.7 Å². The Morgan fingerprint density at radius 2 is 1.79 bits per heavy atom. The molecule has 1 aromatic heterocycles. The second-order valence-corrected chi connectivity index (χ2v) is 5.79. The van der Waals surface area contributed by atoms with Crippen molar-refractivity contribution in [3.8, 4) is 17.1 Å². The molecule has 3 heteroatoms. The molecule has 0 saturated carbocycles. The first kappa shape index (κ1) is 16.3. The summed E-state index contributed by atoms with van der Waals surface area (Å²) >= 11 is 0. The Balaban J connectivity index is 2.18. The molecule has 0 spiro atoms. The molecule has 0 atom stereocenters. The van der Waals surface area contributed by atoms with Gasteiger partial charge in [-0.25, -0.2) is 0 Å². The van der Waals surface area contributed by atoms with Crippen molar-refractivity contribution >= 4 is 11.0 Å². The highest BCUT2D eigenvalue weighted by atomic mass is 16.5. The van der Waals surface area contributed by atoms with Crippen LogP contribution in [0.3, 0.4) is 0 Å². The number of hydrogen-bond acceptors (Lipinski definition) is 3. The van der Waals surface area contributed by atoms with Crippen LogP contribution in [0.25, 0.3) is 22.3 Å². The first-order valence-electron chi connectivity index (χ1n) is 8.46. The molecular weight excluding hydrogens is 298 g/mol. The van der Waals surface area contributed by atoms with Crippen LogP contribution in [0, 0.1) is 0 Å². The van der Waals surface area contributed by atoms with Crippen LogP contribution in [0.5, 0.6) is 5.75 Å². The quantitative estimate of drug-likeness (QED) is 0.664. The predicted octanol–water partition coefficient (Wildman–Crippen LogP) is 4.98. The number of nitrogens with zero attached hydrogens (tertiary/aromatic N) is 1. The molecule has 0 unspecified atom stereocenters. The van der Waals surface area contributed by atoms with Gasteiger partial charge in [-0.05, 0) is 54.8 Å². The van der Waals surface area contributed by atoms with Crippen LogP contribution in [0.2, 0.25) is 0 Å². The molecule has 0 amide bonds. The summed E-state index contributed by atoms with van der Waals surface area (Å²) in [6.07, 6.45) is 2.03. The van der Waals surface area contributed by atoms with Gasteiger partial charge in [0.2, 0.25) is 0 Å². The Morgan fingerprint density at radius 1 is 1.00 bits per heavy atom. The fraction of sp³-hybridized carbons (Fsp3) is 0.286. The maximum atomic E-state index is 6.14. The van der Waals surface area contributed by atoms with E-state index in [0.29, 0.717) is 0 Å². The number of methoxy groups -OCH3 is 1. The highest BCUT2D eigenvalue weighted by Gasteiger charge is 2.07. The lowest BCUT2D eigenvalue weighted by Crippen LogP contribution is -2.05. The van der Waals surface area contributed by atoms with Crippen molar-refractivity contribution in [3.05, 3.63) is 59.5 Å². The Kier molecular flexibility index (Phi) is 4.99. The minimum atomic E-state index is 0.817. The van der Waals surface area contributed by atoms with Crippen molar-refractivity contribution in [2.45, 2.75) is 26.7 Å². The first-order chi connectivity index (χ1) is 11.7. The van der Waals surface area contributed by atoms with Crippen LogP contribution in [0.15, 0.2) is 57.9 Å². The van der Waals surface area contributed by atoms with Crippen LogP contribution in [0.4, 0.5) is 0 Å². The molecule has 0 fully saturated rings. The molecule has 0 saturated heterocycles. The zero-order valence-electron chi connectivity index (χ0n) is 14.5. The molecule has 2 aromatic carbocycles. The Labute approximate surface area is 142 Å². The lowest BCUT2D eigenvalue weighted by Gasteiger charge is -2.07. The van der Waals surface area contributed by atoms with Gasteiger partial charge in [-0.3, -0.25) is 4.99 Å². The monoisotopic (exact) mass is 321 g/mol. The molecule has 24 heavy (non-hydrogen) atoms. The van der Waals surface area contributed by atoms with E-state index < -0.39 is 0 Å². The lowest BCUT2D eigenvalue weighted by molar-refractivity contribution is 0.415. The van der Waals surface area contributed by atoms with Crippen molar-refractivity contribution in [3.63, 3.8) is 0 Å². The summed E-state index contributed by atoms with van der Waals surface area (Å²) in [4.78, 5) is 4.76. The molecule has 3 rings (SSSR count). The number of ether oxygens (including phenoxy) is 1. The van der Waals surface area contributed by atoms with Gasteiger partial charge in [-0.2, -0.15) is 0 Å². The molecular formula is C21H23NO2. The molecule has 0 radical (unpaired) electrons. The van der Waals surface area contributed by atoms with Gasteiger partial charge in [0.25, 0.3) is 0 Å². The first-order valence-corrected chi connectivity index (χ1v) is 8.46. The summed E-state index contributed by atoms with van der Waals surface area (Å²) in [6.45, 7) is 5.12. The molecule has 0 N–H and O–H groups in total. The number of hydrogen-bond donors (Lipinski definition) is 0. The van der Waals surface area contributed by atoms with E-state index in [1.54, 1.807) is 7.11 Å². The van der Waals surface area contributed by atoms with E-state index in [1.807, 2.05) is 36.4 Å². The van der Waals surface area contributed by atoms with E-state index in [0.717, 1.165) is 52.8 Å². The van der Waals surface area contributed by atoms with Crippen LogP contribution >= 0.6 is 0 Å². The van der Waals surface area contributed by atoms with Crippen LogP contribution in [-0.2, 0) is 6.42 Å². The SMILES string of the molecule is CCCN=c1cc(-c2ccc(OC)cc2)oc2ccc(CC)cc12. The van der Waals surface area contributed by atoms with Gasteiger partial charge in [0.05, 0.1) is 12.5 Å². The normalized spacial score (nSPS) is 11.9. The molecule has 0 aliphatic rings. The molecule has 0 aliphatic heterocycles. The fourth-order valence-electron chi connectivity index (χ4n) is 2.70. The molecule has 1 heterocycles. The topological polar surface area (TPSA) is 34.7 Å². The summed E-state index contributed by atoms with van der Waals surface area (Å²) in [7, 11) is 1.67. The Hall–Kier alpha value is -2.55. The van der Waals surface area contributed by atoms with E-state index in [-0.39, 0.29) is 0 Å². The van der Waals surface area contributed by atoms with Gasteiger partial charge >= 0.3 is 0 Å². The molecule has 0 aliphatic carbocycles. The van der Waals surface area contributed by atoms with E-state index in [4.69, 9.17) is 14.1 Å². The third-order valence-corrected chi connectivity index (χ3v) is 4.10. The summed E-state index contributed by atoms with van der Waals surface area (Å²) in [5, 5.41) is 2.08. The molecule has 124 valence electrons. The smallest absolute Gasteiger partial charge is 0.136 e. The number of benzene rings is 2. The average Bonchev–Trinajstić information content (AvgIpc) is 2.65. The lowest BCUT2D eigenvalue weighted by atomic mass is 10.1. The summed E-state index contributed by atoms with van der Waals surface area (Å²) < 4.78 is 11.4. The second kappa shape index (κ2) is 7.35. The van der Waals surface area contributed by atoms with Crippen molar-refractivity contribution < 1.29 is 9.15 Å². The third kappa shape index (κ3) is 3.35. The maximum absolute atomic E-state index is 6.14. The van der Waals surface area contributed by atoms with Gasteiger partial charge in [0.1, 0.15) is 17.1 Å². The maximum Gasteiger partial charge on any atom is 0.136 e. The average molecular weight is 321 g/mol. The second-order valence-electron chi connectivity index (χ2n) is 5.79. The standard InChI is InChI=1S/C21H23NO2/c1-4-12-22-19-14-21(16-7-9-17(23-3)10-8-16)24-20-11-6-15(5-2)13-18(19)20/h6-11,13-14H,4-5,12H2,1-3H3.